The fourth-order valence-corrected chi connectivity index (χ4v) is 5.39. The molecule has 33 heavy (non-hydrogen) atoms. The van der Waals surface area contributed by atoms with Gasteiger partial charge in [-0.15, -0.1) is 0 Å². The number of amidine groups is 1. The van der Waals surface area contributed by atoms with Gasteiger partial charge in [-0.2, -0.15) is 0 Å². The van der Waals surface area contributed by atoms with Crippen molar-refractivity contribution in [1.29, 1.82) is 5.41 Å². The Labute approximate surface area is 199 Å². The van der Waals surface area contributed by atoms with Crippen LogP contribution < -0.4 is 5.32 Å². The van der Waals surface area contributed by atoms with E-state index in [2.05, 4.69) is 5.32 Å². The van der Waals surface area contributed by atoms with Crippen molar-refractivity contribution in [3.8, 4) is 0 Å². The van der Waals surface area contributed by atoms with E-state index < -0.39 is 5.41 Å². The number of hydrogen-bond donors (Lipinski definition) is 2. The molecule has 2 heterocycles. The molecule has 0 radical (unpaired) electrons. The van der Waals surface area contributed by atoms with Crippen LogP contribution in [0.25, 0.3) is 0 Å². The van der Waals surface area contributed by atoms with Gasteiger partial charge in [0.2, 0.25) is 5.91 Å². The molecule has 2 aliphatic heterocycles. The lowest BCUT2D eigenvalue weighted by Gasteiger charge is -2.44. The molecular formula is C26H30ClN3O3. The third-order valence-corrected chi connectivity index (χ3v) is 7.07. The lowest BCUT2D eigenvalue weighted by Crippen LogP contribution is -2.54. The van der Waals surface area contributed by atoms with E-state index in [-0.39, 0.29) is 30.4 Å². The highest BCUT2D eigenvalue weighted by Crippen LogP contribution is 2.43. The van der Waals surface area contributed by atoms with Crippen LogP contribution in [0.2, 0.25) is 5.02 Å². The summed E-state index contributed by atoms with van der Waals surface area (Å²) in [5, 5.41) is 12.0. The maximum atomic E-state index is 13.2. The van der Waals surface area contributed by atoms with Gasteiger partial charge >= 0.3 is 0 Å². The van der Waals surface area contributed by atoms with Crippen molar-refractivity contribution in [2.75, 3.05) is 11.9 Å². The quantitative estimate of drug-likeness (QED) is 0.637. The van der Waals surface area contributed by atoms with E-state index >= 15 is 0 Å². The zero-order chi connectivity index (χ0) is 23.8. The van der Waals surface area contributed by atoms with Gasteiger partial charge in [-0.25, -0.2) is 0 Å². The van der Waals surface area contributed by atoms with Crippen molar-refractivity contribution in [2.45, 2.75) is 64.0 Å². The van der Waals surface area contributed by atoms with Gasteiger partial charge in [-0.3, -0.25) is 19.9 Å². The summed E-state index contributed by atoms with van der Waals surface area (Å²) in [4.78, 5) is 27.6. The maximum Gasteiger partial charge on any atom is 0.255 e. The molecule has 7 heteroatoms. The number of nitrogens with one attached hydrogen (secondary N) is 2. The van der Waals surface area contributed by atoms with Crippen molar-refractivity contribution in [2.24, 2.45) is 0 Å². The average Bonchev–Trinajstić information content (AvgIpc) is 2.74. The SMILES string of the molecule is Cc1cccc(C(=O)Nc2cccc([C@@]3(C)CC(=N)N([C@@H]4CCO[C@H](C)C4)C(=O)C3)c2Cl)c1. The van der Waals surface area contributed by atoms with Gasteiger partial charge in [-0.1, -0.05) is 48.4 Å². The highest BCUT2D eigenvalue weighted by molar-refractivity contribution is 6.35. The highest BCUT2D eigenvalue weighted by atomic mass is 35.5. The number of carbonyl (C=O) groups excluding carboxylic acids is 2. The maximum absolute atomic E-state index is 13.2. The summed E-state index contributed by atoms with van der Waals surface area (Å²) in [6.45, 7) is 6.51. The molecule has 2 N–H and O–H groups in total. The predicted molar refractivity (Wildman–Crippen MR) is 130 cm³/mol. The fraction of sp³-hybridized carbons (Fsp3) is 0.423. The van der Waals surface area contributed by atoms with Crippen LogP contribution in [0.4, 0.5) is 5.69 Å². The minimum Gasteiger partial charge on any atom is -0.378 e. The summed E-state index contributed by atoms with van der Waals surface area (Å²) in [6, 6.07) is 12.8. The van der Waals surface area contributed by atoms with Gasteiger partial charge in [0.15, 0.2) is 0 Å². The van der Waals surface area contributed by atoms with Crippen LogP contribution >= 0.6 is 11.6 Å². The van der Waals surface area contributed by atoms with E-state index in [1.165, 1.54) is 0 Å². The van der Waals surface area contributed by atoms with Gasteiger partial charge in [0.1, 0.15) is 5.84 Å². The topological polar surface area (TPSA) is 82.5 Å². The Balaban J connectivity index is 1.56. The Bertz CT molecular complexity index is 1080. The molecule has 2 saturated heterocycles. The zero-order valence-electron chi connectivity index (χ0n) is 19.3. The number of likely N-dealkylation sites (tertiary alicyclic amines) is 1. The first-order valence-corrected chi connectivity index (χ1v) is 11.7. The third kappa shape index (κ3) is 4.82. The summed E-state index contributed by atoms with van der Waals surface area (Å²) >= 11 is 6.77. The minimum absolute atomic E-state index is 0.00808. The van der Waals surface area contributed by atoms with Crippen LogP contribution in [-0.2, 0) is 14.9 Å². The summed E-state index contributed by atoms with van der Waals surface area (Å²) in [5.41, 5.74) is 2.20. The molecule has 2 amide bonds. The monoisotopic (exact) mass is 467 g/mol. The summed E-state index contributed by atoms with van der Waals surface area (Å²) in [6.07, 6.45) is 2.23. The molecule has 174 valence electrons. The summed E-state index contributed by atoms with van der Waals surface area (Å²) < 4.78 is 5.62. The van der Waals surface area contributed by atoms with Crippen molar-refractivity contribution >= 4 is 34.9 Å². The van der Waals surface area contributed by atoms with E-state index in [1.54, 1.807) is 17.0 Å². The standard InChI is InChI=1S/C26H30ClN3O3/c1-16-6-4-7-18(12-16)25(32)29-21-9-5-8-20(24(21)27)26(3)14-22(28)30(23(31)15-26)19-10-11-33-17(2)13-19/h4-9,12,17,19,28H,10-11,13-15H2,1-3H3,(H,29,32)/t17-,19-,26+/m1/s1. The lowest BCUT2D eigenvalue weighted by molar-refractivity contribution is -0.134. The molecule has 0 saturated carbocycles. The van der Waals surface area contributed by atoms with Gasteiger partial charge in [-0.05, 0) is 50.5 Å². The van der Waals surface area contributed by atoms with Crippen molar-refractivity contribution in [1.82, 2.24) is 4.90 Å². The Hall–Kier alpha value is -2.70. The Morgan fingerprint density at radius 3 is 2.70 bits per heavy atom. The van der Waals surface area contributed by atoms with Crippen LogP contribution in [-0.4, -0.2) is 41.3 Å². The number of nitrogens with zero attached hydrogens (tertiary/aromatic N) is 1. The van der Waals surface area contributed by atoms with Crippen molar-refractivity contribution < 1.29 is 14.3 Å². The molecule has 4 rings (SSSR count). The Morgan fingerprint density at radius 2 is 2.00 bits per heavy atom. The zero-order valence-corrected chi connectivity index (χ0v) is 20.0. The number of hydrogen-bond acceptors (Lipinski definition) is 4. The van der Waals surface area contributed by atoms with E-state index in [0.29, 0.717) is 35.1 Å². The third-order valence-electron chi connectivity index (χ3n) is 6.66. The highest BCUT2D eigenvalue weighted by Gasteiger charge is 2.44. The fourth-order valence-electron chi connectivity index (χ4n) is 4.99. The number of halogens is 1. The first kappa shape index (κ1) is 23.5. The van der Waals surface area contributed by atoms with E-state index in [4.69, 9.17) is 21.7 Å². The Morgan fingerprint density at radius 1 is 1.24 bits per heavy atom. The Kier molecular flexibility index (Phi) is 6.59. The molecule has 2 aliphatic rings. The van der Waals surface area contributed by atoms with Crippen LogP contribution in [0.3, 0.4) is 0 Å². The molecule has 6 nitrogen and oxygen atoms in total. The number of ether oxygens (including phenoxy) is 1. The second kappa shape index (κ2) is 9.27. The number of amides is 2. The average molecular weight is 468 g/mol. The molecule has 3 atom stereocenters. The molecule has 0 aromatic heterocycles. The second-order valence-electron chi connectivity index (χ2n) is 9.47. The van der Waals surface area contributed by atoms with Gasteiger partial charge < -0.3 is 10.1 Å². The lowest BCUT2D eigenvalue weighted by atomic mass is 9.73. The first-order chi connectivity index (χ1) is 15.7. The number of aryl methyl sites for hydroxylation is 1. The molecule has 2 aromatic rings. The predicted octanol–water partition coefficient (Wildman–Crippen LogP) is 5.33. The van der Waals surface area contributed by atoms with Crippen LogP contribution in [0.1, 0.15) is 61.0 Å². The molecule has 2 aromatic carbocycles. The van der Waals surface area contributed by atoms with Crippen LogP contribution in [0.5, 0.6) is 0 Å². The van der Waals surface area contributed by atoms with Crippen LogP contribution in [0.15, 0.2) is 42.5 Å². The van der Waals surface area contributed by atoms with Gasteiger partial charge in [0.25, 0.3) is 5.91 Å². The molecular weight excluding hydrogens is 438 g/mol. The van der Waals surface area contributed by atoms with E-state index in [0.717, 1.165) is 24.0 Å². The minimum atomic E-state index is -0.622. The number of piperidine rings is 1. The molecule has 2 fully saturated rings. The normalized spacial score (nSPS) is 25.8. The van der Waals surface area contributed by atoms with Crippen molar-refractivity contribution in [3.05, 3.63) is 64.2 Å². The summed E-state index contributed by atoms with van der Waals surface area (Å²) in [7, 11) is 0. The number of carbonyl (C=O) groups is 2. The van der Waals surface area contributed by atoms with Crippen molar-refractivity contribution in [3.63, 3.8) is 0 Å². The molecule has 0 aliphatic carbocycles. The molecule has 0 spiro atoms. The smallest absolute Gasteiger partial charge is 0.255 e. The number of rotatable bonds is 4. The largest absolute Gasteiger partial charge is 0.378 e. The van der Waals surface area contributed by atoms with Gasteiger partial charge in [0.05, 0.1) is 16.8 Å². The van der Waals surface area contributed by atoms with E-state index in [1.807, 2.05) is 51.1 Å². The van der Waals surface area contributed by atoms with E-state index in [9.17, 15) is 9.59 Å². The van der Waals surface area contributed by atoms with Crippen LogP contribution in [0, 0.1) is 12.3 Å². The molecule has 0 bridgehead atoms. The number of anilines is 1. The first-order valence-electron chi connectivity index (χ1n) is 11.4. The summed E-state index contributed by atoms with van der Waals surface area (Å²) in [5.74, 6) is 0.0198. The second-order valence-corrected chi connectivity index (χ2v) is 9.85. The number of benzene rings is 2. The van der Waals surface area contributed by atoms with Gasteiger partial charge in [0, 0.05) is 36.5 Å². The molecule has 0 unspecified atom stereocenters.